The molecule has 0 rings (SSSR count). The van der Waals surface area contributed by atoms with Crippen molar-refractivity contribution >= 4 is 11.9 Å². The highest BCUT2D eigenvalue weighted by Crippen LogP contribution is 2.52. The number of hydrogen-bond donors (Lipinski definition) is 1. The van der Waals surface area contributed by atoms with Gasteiger partial charge in [0.25, 0.3) is 0 Å². The zero-order valence-corrected chi connectivity index (χ0v) is 9.85. The molecule has 0 atom stereocenters. The zero-order chi connectivity index (χ0) is 17.3. The van der Waals surface area contributed by atoms with Gasteiger partial charge in [0.15, 0.2) is 0 Å². The summed E-state index contributed by atoms with van der Waals surface area (Å²) < 4.78 is 104. The fourth-order valence-corrected chi connectivity index (χ4v) is 0.822. The predicted octanol–water partition coefficient (Wildman–Crippen LogP) is 2.69. The van der Waals surface area contributed by atoms with Crippen LogP contribution in [0.1, 0.15) is 6.92 Å². The monoisotopic (exact) mass is 330 g/mol. The summed E-state index contributed by atoms with van der Waals surface area (Å²) in [6.07, 6.45) is -6.73. The van der Waals surface area contributed by atoms with Crippen molar-refractivity contribution in [2.24, 2.45) is 0 Å². The third-order valence-electron chi connectivity index (χ3n) is 1.90. The highest BCUT2D eigenvalue weighted by Gasteiger charge is 2.81. The van der Waals surface area contributed by atoms with E-state index in [4.69, 9.17) is 5.11 Å². The Bertz CT molecular complexity index is 451. The smallest absolute Gasteiger partial charge is 0.473 e. The molecule has 12 heteroatoms. The molecule has 0 heterocycles. The largest absolute Gasteiger partial charge is 0.478 e. The van der Waals surface area contributed by atoms with E-state index in [9.17, 15) is 44.7 Å². The molecule has 0 aliphatic rings. The van der Waals surface area contributed by atoms with Crippen LogP contribution in [-0.4, -0.2) is 40.9 Å². The lowest BCUT2D eigenvalue weighted by Crippen LogP contribution is -2.62. The number of aliphatic carboxylic acids is 1. The van der Waals surface area contributed by atoms with Crippen LogP contribution in [0.2, 0.25) is 0 Å². The lowest BCUT2D eigenvalue weighted by atomic mass is 10.1. The number of carboxylic acid groups (broad SMARTS) is 1. The number of carboxylic acids is 1. The van der Waals surface area contributed by atoms with Crippen molar-refractivity contribution in [3.63, 3.8) is 0 Å². The van der Waals surface area contributed by atoms with Crippen molar-refractivity contribution in [3.8, 4) is 0 Å². The molecule has 122 valence electrons. The maximum absolute atomic E-state index is 12.8. The average Bonchev–Trinajstić information content (AvgIpc) is 2.23. The quantitative estimate of drug-likeness (QED) is 0.462. The van der Waals surface area contributed by atoms with Crippen LogP contribution in [0.5, 0.6) is 0 Å². The summed E-state index contributed by atoms with van der Waals surface area (Å²) >= 11 is 0. The first-order valence-corrected chi connectivity index (χ1v) is 4.71. The lowest BCUT2D eigenvalue weighted by Gasteiger charge is -2.34. The first-order valence-electron chi connectivity index (χ1n) is 4.71. The Hall–Kier alpha value is -1.88. The summed E-state index contributed by atoms with van der Waals surface area (Å²) in [5.41, 5.74) is 0. The minimum Gasteiger partial charge on any atom is -0.478 e. The predicted molar refractivity (Wildman–Crippen MR) is 48.3 cm³/mol. The van der Waals surface area contributed by atoms with E-state index >= 15 is 0 Å². The molecule has 0 fully saturated rings. The topological polar surface area (TPSA) is 63.6 Å². The Morgan fingerprint density at radius 3 is 1.67 bits per heavy atom. The van der Waals surface area contributed by atoms with Gasteiger partial charge in [-0.05, 0) is 0 Å². The van der Waals surface area contributed by atoms with Gasteiger partial charge in [-0.25, -0.2) is 9.59 Å². The van der Waals surface area contributed by atoms with E-state index < -0.39 is 42.7 Å². The van der Waals surface area contributed by atoms with Gasteiger partial charge in [0.1, 0.15) is 0 Å². The maximum Gasteiger partial charge on any atom is 0.473 e. The molecule has 0 saturated heterocycles. The number of halogens is 8. The third kappa shape index (κ3) is 3.82. The van der Waals surface area contributed by atoms with E-state index in [1.807, 2.05) is 0 Å². The maximum atomic E-state index is 12.8. The number of carbonyl (C=O) groups is 2. The molecule has 21 heavy (non-hydrogen) atoms. The first kappa shape index (κ1) is 19.1. The summed E-state index contributed by atoms with van der Waals surface area (Å²) in [7, 11) is 0. The molecular formula is C9H6F8O4. The molecule has 0 bridgehead atoms. The van der Waals surface area contributed by atoms with Crippen LogP contribution in [0.3, 0.4) is 0 Å². The normalized spacial score (nSPS) is 14.3. The van der Waals surface area contributed by atoms with Crippen molar-refractivity contribution in [1.29, 1.82) is 0 Å². The highest BCUT2D eigenvalue weighted by molar-refractivity contribution is 5.90. The number of rotatable bonds is 6. The summed E-state index contributed by atoms with van der Waals surface area (Å²) in [5.74, 6) is -23.2. The second-order valence-electron chi connectivity index (χ2n) is 3.65. The van der Waals surface area contributed by atoms with Crippen molar-refractivity contribution in [2.75, 3.05) is 0 Å². The van der Waals surface area contributed by atoms with E-state index in [2.05, 4.69) is 4.74 Å². The number of ether oxygens (including phenoxy) is 1. The van der Waals surface area contributed by atoms with Crippen LogP contribution in [-0.2, 0) is 14.3 Å². The highest BCUT2D eigenvalue weighted by atomic mass is 19.4. The second kappa shape index (κ2) is 5.48. The van der Waals surface area contributed by atoms with Crippen LogP contribution in [0, 0.1) is 0 Å². The van der Waals surface area contributed by atoms with Crippen LogP contribution in [0.15, 0.2) is 12.2 Å². The van der Waals surface area contributed by atoms with Gasteiger partial charge < -0.3 is 9.84 Å². The number of carbonyl (C=O) groups excluding carboxylic acids is 1. The minimum absolute atomic E-state index is 0.122. The SMILES string of the molecule is CC(F)(F)C(F)(F)C(F)(F)C(F)(F)OC(=O)/C=C/C(=O)O. The zero-order valence-electron chi connectivity index (χ0n) is 9.85. The Morgan fingerprint density at radius 1 is 0.905 bits per heavy atom. The molecule has 0 aromatic carbocycles. The molecule has 1 N–H and O–H groups in total. The Labute approximate surface area is 111 Å². The number of esters is 1. The van der Waals surface area contributed by atoms with Crippen LogP contribution < -0.4 is 0 Å². The molecule has 0 aliphatic carbocycles. The molecule has 0 spiro atoms. The van der Waals surface area contributed by atoms with Gasteiger partial charge in [0, 0.05) is 19.1 Å². The molecular weight excluding hydrogens is 324 g/mol. The second-order valence-corrected chi connectivity index (χ2v) is 3.65. The van der Waals surface area contributed by atoms with E-state index in [0.717, 1.165) is 0 Å². The molecule has 4 nitrogen and oxygen atoms in total. The van der Waals surface area contributed by atoms with Gasteiger partial charge in [-0.3, -0.25) is 0 Å². The van der Waals surface area contributed by atoms with Gasteiger partial charge in [0.05, 0.1) is 0 Å². The molecule has 0 saturated carbocycles. The van der Waals surface area contributed by atoms with Crippen LogP contribution >= 0.6 is 0 Å². The molecule has 0 amide bonds. The number of alkyl halides is 8. The van der Waals surface area contributed by atoms with Crippen molar-refractivity contribution in [1.82, 2.24) is 0 Å². The van der Waals surface area contributed by atoms with Crippen LogP contribution in [0.25, 0.3) is 0 Å². The summed E-state index contributed by atoms with van der Waals surface area (Å²) in [6.45, 7) is -0.733. The van der Waals surface area contributed by atoms with Crippen molar-refractivity contribution in [2.45, 2.75) is 30.8 Å². The minimum atomic E-state index is -6.75. The van der Waals surface area contributed by atoms with Crippen molar-refractivity contribution < 1.29 is 54.6 Å². The van der Waals surface area contributed by atoms with Gasteiger partial charge in [-0.1, -0.05) is 0 Å². The van der Waals surface area contributed by atoms with Gasteiger partial charge in [-0.15, -0.1) is 0 Å². The molecule has 0 unspecified atom stereocenters. The van der Waals surface area contributed by atoms with E-state index in [0.29, 0.717) is 0 Å². The summed E-state index contributed by atoms with van der Waals surface area (Å²) in [4.78, 5) is 20.5. The molecule has 0 aliphatic heterocycles. The van der Waals surface area contributed by atoms with Gasteiger partial charge >= 0.3 is 35.8 Å². The standard InChI is InChI=1S/C9H6F8O4/c1-6(10,11)7(12,13)8(14,15)9(16,17)21-5(20)3-2-4(18)19/h2-3H,1H3,(H,18,19)/b3-2+. The molecule has 0 aromatic heterocycles. The molecule has 0 radical (unpaired) electrons. The summed E-state index contributed by atoms with van der Waals surface area (Å²) in [5, 5.41) is 8.01. The van der Waals surface area contributed by atoms with Gasteiger partial charge in [-0.2, -0.15) is 35.1 Å². The van der Waals surface area contributed by atoms with Gasteiger partial charge in [0.2, 0.25) is 0 Å². The third-order valence-corrected chi connectivity index (χ3v) is 1.90. The lowest BCUT2D eigenvalue weighted by molar-refractivity contribution is -0.413. The molecule has 0 aromatic rings. The number of hydrogen-bond acceptors (Lipinski definition) is 3. The fourth-order valence-electron chi connectivity index (χ4n) is 0.822. The Morgan fingerprint density at radius 2 is 1.33 bits per heavy atom. The average molecular weight is 330 g/mol. The first-order chi connectivity index (χ1) is 9.06. The van der Waals surface area contributed by atoms with E-state index in [-0.39, 0.29) is 12.2 Å². The van der Waals surface area contributed by atoms with Crippen molar-refractivity contribution in [3.05, 3.63) is 12.2 Å². The summed E-state index contributed by atoms with van der Waals surface area (Å²) in [6, 6.07) is 0. The Balaban J connectivity index is 5.40. The fraction of sp³-hybridized carbons (Fsp3) is 0.556. The van der Waals surface area contributed by atoms with Crippen LogP contribution in [0.4, 0.5) is 35.1 Å². The van der Waals surface area contributed by atoms with E-state index in [1.54, 1.807) is 0 Å². The Kier molecular flexibility index (Phi) is 4.99. The van der Waals surface area contributed by atoms with E-state index in [1.165, 1.54) is 0 Å².